The maximum atomic E-state index is 12.6. The molecule has 0 atom stereocenters. The molecule has 0 aliphatic carbocycles. The summed E-state index contributed by atoms with van der Waals surface area (Å²) in [7, 11) is 0. The van der Waals surface area contributed by atoms with Crippen LogP contribution in [0.15, 0.2) is 12.1 Å². The molecule has 0 aliphatic rings. The van der Waals surface area contributed by atoms with Gasteiger partial charge in [0, 0.05) is 12.1 Å². The topological polar surface area (TPSA) is 35.2 Å². The minimum Gasteiger partial charge on any atom is -0.406 e. The molecule has 0 spiro atoms. The molecule has 14 heavy (non-hydrogen) atoms. The van der Waals surface area contributed by atoms with Crippen molar-refractivity contribution in [2.45, 2.75) is 6.36 Å². The summed E-state index contributed by atoms with van der Waals surface area (Å²) in [6.45, 7) is 0. The van der Waals surface area contributed by atoms with Gasteiger partial charge in [0.15, 0.2) is 11.6 Å². The van der Waals surface area contributed by atoms with Gasteiger partial charge in [-0.15, -0.1) is 13.2 Å². The molecule has 1 aromatic rings. The lowest BCUT2D eigenvalue weighted by atomic mass is 10.3. The van der Waals surface area contributed by atoms with Crippen LogP contribution >= 0.6 is 0 Å². The molecule has 2 nitrogen and oxygen atoms in total. The van der Waals surface area contributed by atoms with Crippen LogP contribution in [-0.2, 0) is 0 Å². The Hall–Kier alpha value is -1.53. The Balaban J connectivity index is 3.02. The molecular formula is C7H4F5NO. The van der Waals surface area contributed by atoms with Crippen LogP contribution < -0.4 is 10.5 Å². The van der Waals surface area contributed by atoms with E-state index in [0.29, 0.717) is 12.1 Å². The third-order valence-corrected chi connectivity index (χ3v) is 1.29. The fourth-order valence-corrected chi connectivity index (χ4v) is 0.754. The number of anilines is 1. The Morgan fingerprint density at radius 1 is 1.07 bits per heavy atom. The van der Waals surface area contributed by atoms with Gasteiger partial charge in [0.1, 0.15) is 11.4 Å². The molecule has 0 aromatic heterocycles. The van der Waals surface area contributed by atoms with Crippen molar-refractivity contribution in [3.05, 3.63) is 23.8 Å². The molecule has 0 saturated heterocycles. The highest BCUT2D eigenvalue weighted by molar-refractivity contribution is 5.45. The van der Waals surface area contributed by atoms with Crippen LogP contribution in [0.1, 0.15) is 0 Å². The van der Waals surface area contributed by atoms with E-state index in [1.54, 1.807) is 0 Å². The lowest BCUT2D eigenvalue weighted by Gasteiger charge is -2.09. The summed E-state index contributed by atoms with van der Waals surface area (Å²) in [5.74, 6) is -3.59. The normalized spacial score (nSPS) is 11.5. The van der Waals surface area contributed by atoms with Crippen molar-refractivity contribution in [1.82, 2.24) is 0 Å². The molecule has 0 amide bonds. The van der Waals surface area contributed by atoms with E-state index in [1.165, 1.54) is 0 Å². The molecule has 0 fully saturated rings. The average Bonchev–Trinajstić information content (AvgIpc) is 1.96. The lowest BCUT2D eigenvalue weighted by Crippen LogP contribution is -2.17. The third kappa shape index (κ3) is 2.48. The second-order valence-electron chi connectivity index (χ2n) is 2.35. The van der Waals surface area contributed by atoms with Crippen LogP contribution in [0.4, 0.5) is 27.6 Å². The maximum Gasteiger partial charge on any atom is 0.573 e. The first-order valence-electron chi connectivity index (χ1n) is 3.30. The first-order valence-corrected chi connectivity index (χ1v) is 3.30. The Bertz CT molecular complexity index is 325. The molecule has 0 saturated carbocycles. The quantitative estimate of drug-likeness (QED) is 0.574. The number of hydrogen-bond acceptors (Lipinski definition) is 2. The fourth-order valence-electron chi connectivity index (χ4n) is 0.754. The summed E-state index contributed by atoms with van der Waals surface area (Å²) in [6.07, 6.45) is -4.99. The van der Waals surface area contributed by atoms with Gasteiger partial charge in [-0.3, -0.25) is 0 Å². The molecule has 0 heterocycles. The van der Waals surface area contributed by atoms with Crippen LogP contribution in [0.5, 0.6) is 5.75 Å². The Labute approximate surface area is 75.1 Å². The van der Waals surface area contributed by atoms with Gasteiger partial charge in [0.25, 0.3) is 0 Å². The molecule has 0 unspecified atom stereocenters. The summed E-state index contributed by atoms with van der Waals surface area (Å²) in [5, 5.41) is 0. The second-order valence-corrected chi connectivity index (χ2v) is 2.35. The monoisotopic (exact) mass is 213 g/mol. The molecule has 0 aliphatic heterocycles. The molecule has 0 radical (unpaired) electrons. The van der Waals surface area contributed by atoms with Crippen molar-refractivity contribution in [2.24, 2.45) is 0 Å². The Morgan fingerprint density at radius 2 is 1.50 bits per heavy atom. The smallest absolute Gasteiger partial charge is 0.406 e. The van der Waals surface area contributed by atoms with Gasteiger partial charge in [-0.05, 0) is 0 Å². The first-order chi connectivity index (χ1) is 6.29. The maximum absolute atomic E-state index is 12.6. The van der Waals surface area contributed by atoms with E-state index in [0.717, 1.165) is 0 Å². The Kier molecular flexibility index (Phi) is 2.50. The van der Waals surface area contributed by atoms with Crippen molar-refractivity contribution in [3.8, 4) is 5.75 Å². The van der Waals surface area contributed by atoms with Crippen LogP contribution in [0.3, 0.4) is 0 Å². The van der Waals surface area contributed by atoms with Crippen molar-refractivity contribution in [3.63, 3.8) is 0 Å². The van der Waals surface area contributed by atoms with Gasteiger partial charge >= 0.3 is 6.36 Å². The minimum atomic E-state index is -4.99. The molecule has 1 rings (SSSR count). The number of hydrogen-bond donors (Lipinski definition) is 1. The van der Waals surface area contributed by atoms with Crippen LogP contribution in [0, 0.1) is 11.6 Å². The molecule has 1 aromatic carbocycles. The van der Waals surface area contributed by atoms with Gasteiger partial charge in [-0.2, -0.15) is 0 Å². The highest BCUT2D eigenvalue weighted by Crippen LogP contribution is 2.27. The number of benzene rings is 1. The molecule has 0 bridgehead atoms. The van der Waals surface area contributed by atoms with Crippen LogP contribution in [-0.4, -0.2) is 6.36 Å². The number of halogens is 5. The zero-order valence-corrected chi connectivity index (χ0v) is 6.53. The lowest BCUT2D eigenvalue weighted by molar-refractivity contribution is -0.274. The highest BCUT2D eigenvalue weighted by Gasteiger charge is 2.31. The zero-order valence-electron chi connectivity index (χ0n) is 6.53. The van der Waals surface area contributed by atoms with Gasteiger partial charge < -0.3 is 10.5 Å². The van der Waals surface area contributed by atoms with Crippen molar-refractivity contribution in [2.75, 3.05) is 5.73 Å². The molecule has 78 valence electrons. The first kappa shape index (κ1) is 10.6. The average molecular weight is 213 g/mol. The predicted molar refractivity (Wildman–Crippen MR) is 37.5 cm³/mol. The van der Waals surface area contributed by atoms with Crippen LogP contribution in [0.2, 0.25) is 0 Å². The van der Waals surface area contributed by atoms with E-state index in [-0.39, 0.29) is 0 Å². The van der Waals surface area contributed by atoms with Gasteiger partial charge in [0.05, 0.1) is 0 Å². The summed E-state index contributed by atoms with van der Waals surface area (Å²) >= 11 is 0. The number of alkyl halides is 3. The largest absolute Gasteiger partial charge is 0.573 e. The second kappa shape index (κ2) is 3.32. The standard InChI is InChI=1S/C7H4F5NO/c8-4-1-3(14-7(10,11)12)2-5(9)6(4)13/h1-2H,13H2. The minimum absolute atomic E-state index is 0.353. The number of ether oxygens (including phenoxy) is 1. The van der Waals surface area contributed by atoms with Gasteiger partial charge in [0.2, 0.25) is 0 Å². The number of nitrogens with two attached hydrogens (primary N) is 1. The molecular weight excluding hydrogens is 209 g/mol. The van der Waals surface area contributed by atoms with E-state index in [1.807, 2.05) is 0 Å². The van der Waals surface area contributed by atoms with Crippen molar-refractivity contribution >= 4 is 5.69 Å². The van der Waals surface area contributed by atoms with E-state index >= 15 is 0 Å². The SMILES string of the molecule is Nc1c(F)cc(OC(F)(F)F)cc1F. The Morgan fingerprint density at radius 3 is 1.86 bits per heavy atom. The van der Waals surface area contributed by atoms with E-state index < -0.39 is 29.4 Å². The third-order valence-electron chi connectivity index (χ3n) is 1.29. The summed E-state index contributed by atoms with van der Waals surface area (Å²) in [4.78, 5) is 0. The summed E-state index contributed by atoms with van der Waals surface area (Å²) in [6, 6.07) is 0.706. The highest BCUT2D eigenvalue weighted by atomic mass is 19.4. The molecule has 2 N–H and O–H groups in total. The molecule has 7 heteroatoms. The van der Waals surface area contributed by atoms with E-state index in [9.17, 15) is 22.0 Å². The van der Waals surface area contributed by atoms with E-state index in [4.69, 9.17) is 5.73 Å². The zero-order chi connectivity index (χ0) is 10.9. The van der Waals surface area contributed by atoms with Crippen molar-refractivity contribution in [1.29, 1.82) is 0 Å². The number of nitrogen functional groups attached to an aromatic ring is 1. The van der Waals surface area contributed by atoms with Crippen LogP contribution in [0.25, 0.3) is 0 Å². The fraction of sp³-hybridized carbons (Fsp3) is 0.143. The summed E-state index contributed by atoms with van der Waals surface area (Å²) in [5.41, 5.74) is 3.98. The van der Waals surface area contributed by atoms with Crippen molar-refractivity contribution < 1.29 is 26.7 Å². The number of rotatable bonds is 1. The van der Waals surface area contributed by atoms with Gasteiger partial charge in [-0.1, -0.05) is 0 Å². The van der Waals surface area contributed by atoms with Gasteiger partial charge in [-0.25, -0.2) is 8.78 Å². The predicted octanol–water partition coefficient (Wildman–Crippen LogP) is 2.45. The van der Waals surface area contributed by atoms with E-state index in [2.05, 4.69) is 4.74 Å². The summed E-state index contributed by atoms with van der Waals surface area (Å²) < 4.78 is 63.3.